The molecule has 10 heteroatoms. The van der Waals surface area contributed by atoms with Crippen LogP contribution in [0.25, 0.3) is 0 Å². The number of halogens is 3. The zero-order valence-electron chi connectivity index (χ0n) is 17.2. The maximum Gasteiger partial charge on any atom is 0.387 e. The van der Waals surface area contributed by atoms with Gasteiger partial charge in [0.2, 0.25) is 5.88 Å². The largest absolute Gasteiger partial charge is 0.497 e. The van der Waals surface area contributed by atoms with Crippen LogP contribution in [-0.4, -0.2) is 37.8 Å². The highest BCUT2D eigenvalue weighted by molar-refractivity contribution is 14.0. The number of aromatic nitrogens is 1. The average Bonchev–Trinajstić information content (AvgIpc) is 2.71. The van der Waals surface area contributed by atoms with Crippen LogP contribution in [0.2, 0.25) is 0 Å². The minimum atomic E-state index is -2.91. The molecule has 0 radical (unpaired) electrons. The molecule has 0 saturated heterocycles. The molecule has 2 N–H and O–H groups in total. The van der Waals surface area contributed by atoms with E-state index >= 15 is 0 Å². The number of hydrogen-bond acceptors (Lipinski definition) is 5. The first-order chi connectivity index (χ1) is 14.0. The molecule has 30 heavy (non-hydrogen) atoms. The number of pyridine rings is 1. The molecule has 0 fully saturated rings. The van der Waals surface area contributed by atoms with E-state index in [2.05, 4.69) is 25.3 Å². The molecule has 2 aromatic rings. The summed E-state index contributed by atoms with van der Waals surface area (Å²) in [5.41, 5.74) is 1.46. The van der Waals surface area contributed by atoms with Gasteiger partial charge in [-0.3, -0.25) is 0 Å². The molecule has 0 atom stereocenters. The van der Waals surface area contributed by atoms with E-state index in [1.165, 1.54) is 13.2 Å². The molecule has 7 nitrogen and oxygen atoms in total. The molecule has 0 amide bonds. The quantitative estimate of drug-likeness (QED) is 0.272. The van der Waals surface area contributed by atoms with Crippen molar-refractivity contribution in [2.75, 3.05) is 20.3 Å². The summed E-state index contributed by atoms with van der Waals surface area (Å²) in [6, 6.07) is 8.35. The van der Waals surface area contributed by atoms with Gasteiger partial charge in [0.05, 0.1) is 20.3 Å². The molecule has 0 aliphatic carbocycles. The van der Waals surface area contributed by atoms with Crippen LogP contribution in [0, 0.1) is 0 Å². The predicted octanol–water partition coefficient (Wildman–Crippen LogP) is 3.96. The fourth-order valence-corrected chi connectivity index (χ4v) is 2.50. The van der Waals surface area contributed by atoms with Gasteiger partial charge in [0.25, 0.3) is 0 Å². The van der Waals surface area contributed by atoms with Crippen molar-refractivity contribution in [2.24, 2.45) is 4.99 Å². The number of alkyl halides is 2. The van der Waals surface area contributed by atoms with E-state index in [1.807, 2.05) is 26.0 Å². The van der Waals surface area contributed by atoms with Crippen molar-refractivity contribution in [3.05, 3.63) is 47.7 Å². The molecule has 0 aliphatic rings. The molecule has 2 rings (SSSR count). The Morgan fingerprint density at radius 2 is 1.97 bits per heavy atom. The molecule has 1 aromatic heterocycles. The number of guanidine groups is 1. The van der Waals surface area contributed by atoms with Gasteiger partial charge in [0, 0.05) is 30.9 Å². The molecule has 1 heterocycles. The van der Waals surface area contributed by atoms with Gasteiger partial charge in [-0.05, 0) is 43.7 Å². The number of aliphatic imine (C=N–C) groups is 1. The lowest BCUT2D eigenvalue weighted by Gasteiger charge is -2.15. The number of nitrogens with one attached hydrogen (secondary N) is 2. The number of nitrogens with zero attached hydrogens (tertiary/aromatic N) is 2. The average molecular weight is 536 g/mol. The monoisotopic (exact) mass is 536 g/mol. The van der Waals surface area contributed by atoms with Gasteiger partial charge in [0.15, 0.2) is 5.96 Å². The summed E-state index contributed by atoms with van der Waals surface area (Å²) in [7, 11) is 1.51. The highest BCUT2D eigenvalue weighted by atomic mass is 127. The van der Waals surface area contributed by atoms with Crippen LogP contribution in [-0.2, 0) is 13.1 Å². The normalized spacial score (nSPS) is 10.9. The molecular weight excluding hydrogens is 509 g/mol. The van der Waals surface area contributed by atoms with Gasteiger partial charge in [-0.15, -0.1) is 24.0 Å². The van der Waals surface area contributed by atoms with Gasteiger partial charge in [-0.25, -0.2) is 9.98 Å². The number of rotatable bonds is 10. The van der Waals surface area contributed by atoms with E-state index in [4.69, 9.17) is 9.47 Å². The molecule has 0 unspecified atom stereocenters. The highest BCUT2D eigenvalue weighted by Crippen LogP contribution is 2.25. The van der Waals surface area contributed by atoms with E-state index < -0.39 is 6.61 Å². The van der Waals surface area contributed by atoms with Crippen molar-refractivity contribution < 1.29 is 23.0 Å². The lowest BCUT2D eigenvalue weighted by atomic mass is 10.2. The van der Waals surface area contributed by atoms with Gasteiger partial charge in [0.1, 0.15) is 11.5 Å². The molecule has 0 bridgehead atoms. The second-order valence-electron chi connectivity index (χ2n) is 5.84. The number of methoxy groups -OCH3 is 1. The molecule has 0 saturated carbocycles. The summed E-state index contributed by atoms with van der Waals surface area (Å²) in [5.74, 6) is 1.71. The number of hydrogen-bond donors (Lipinski definition) is 2. The minimum absolute atomic E-state index is 0. The van der Waals surface area contributed by atoms with E-state index in [0.29, 0.717) is 42.8 Å². The lowest BCUT2D eigenvalue weighted by Crippen LogP contribution is -2.36. The first-order valence-electron chi connectivity index (χ1n) is 9.27. The SMILES string of the molecule is CCNC(=NCc1ccnc(OCC)c1)NCc1cc(OC)ccc1OC(F)F.I. The summed E-state index contributed by atoms with van der Waals surface area (Å²) >= 11 is 0. The fraction of sp³-hybridized carbons (Fsp3) is 0.400. The molecular formula is C20H27F2IN4O3. The van der Waals surface area contributed by atoms with Gasteiger partial charge < -0.3 is 24.8 Å². The smallest absolute Gasteiger partial charge is 0.387 e. The van der Waals surface area contributed by atoms with Crippen LogP contribution in [0.4, 0.5) is 8.78 Å². The number of benzene rings is 1. The third-order valence-electron chi connectivity index (χ3n) is 3.79. The summed E-state index contributed by atoms with van der Waals surface area (Å²) in [5, 5.41) is 6.25. The van der Waals surface area contributed by atoms with Crippen LogP contribution in [0.1, 0.15) is 25.0 Å². The Bertz CT molecular complexity index is 809. The van der Waals surface area contributed by atoms with Crippen molar-refractivity contribution in [1.29, 1.82) is 0 Å². The fourth-order valence-electron chi connectivity index (χ4n) is 2.50. The number of ether oxygens (including phenoxy) is 3. The minimum Gasteiger partial charge on any atom is -0.497 e. The van der Waals surface area contributed by atoms with Gasteiger partial charge >= 0.3 is 6.61 Å². The molecule has 166 valence electrons. The van der Waals surface area contributed by atoms with Crippen LogP contribution in [0.5, 0.6) is 17.4 Å². The highest BCUT2D eigenvalue weighted by Gasteiger charge is 2.11. The zero-order chi connectivity index (χ0) is 21.1. The van der Waals surface area contributed by atoms with Crippen molar-refractivity contribution in [3.63, 3.8) is 0 Å². The van der Waals surface area contributed by atoms with Gasteiger partial charge in [-0.1, -0.05) is 0 Å². The standard InChI is InChI=1S/C20H26F2N4O3.HI/c1-4-23-20(25-12-14-8-9-24-18(10-14)28-5-2)26-13-15-11-16(27-3)6-7-17(15)29-19(21)22;/h6-11,19H,4-5,12-13H2,1-3H3,(H2,23,25,26);1H. The Hall–Kier alpha value is -2.37. The van der Waals surface area contributed by atoms with E-state index in [9.17, 15) is 8.78 Å². The van der Waals surface area contributed by atoms with Crippen LogP contribution < -0.4 is 24.8 Å². The predicted molar refractivity (Wildman–Crippen MR) is 122 cm³/mol. The summed E-state index contributed by atoms with van der Waals surface area (Å²) in [6.07, 6.45) is 1.67. The van der Waals surface area contributed by atoms with Crippen molar-refractivity contribution in [2.45, 2.75) is 33.5 Å². The first-order valence-corrected chi connectivity index (χ1v) is 9.27. The Morgan fingerprint density at radius 1 is 1.17 bits per heavy atom. The van der Waals surface area contributed by atoms with Crippen molar-refractivity contribution >= 4 is 29.9 Å². The van der Waals surface area contributed by atoms with Crippen molar-refractivity contribution in [3.8, 4) is 17.4 Å². The molecule has 1 aromatic carbocycles. The summed E-state index contributed by atoms with van der Waals surface area (Å²) < 4.78 is 40.5. The molecule has 0 spiro atoms. The second kappa shape index (κ2) is 13.8. The van der Waals surface area contributed by atoms with Crippen LogP contribution >= 0.6 is 24.0 Å². The van der Waals surface area contributed by atoms with Crippen LogP contribution in [0.15, 0.2) is 41.5 Å². The summed E-state index contributed by atoms with van der Waals surface area (Å²) in [6.45, 7) is 2.73. The molecule has 0 aliphatic heterocycles. The van der Waals surface area contributed by atoms with Gasteiger partial charge in [-0.2, -0.15) is 8.78 Å². The maximum absolute atomic E-state index is 12.7. The Kier molecular flexibility index (Phi) is 11.8. The second-order valence-corrected chi connectivity index (χ2v) is 5.84. The maximum atomic E-state index is 12.7. The third kappa shape index (κ3) is 8.56. The van der Waals surface area contributed by atoms with E-state index in [1.54, 1.807) is 18.3 Å². The zero-order valence-corrected chi connectivity index (χ0v) is 19.5. The van der Waals surface area contributed by atoms with Crippen molar-refractivity contribution in [1.82, 2.24) is 15.6 Å². The van der Waals surface area contributed by atoms with Crippen LogP contribution in [0.3, 0.4) is 0 Å². The first kappa shape index (κ1) is 25.7. The Morgan fingerprint density at radius 3 is 2.63 bits per heavy atom. The summed E-state index contributed by atoms with van der Waals surface area (Å²) in [4.78, 5) is 8.65. The Labute approximate surface area is 192 Å². The Balaban J connectivity index is 0.00000450. The lowest BCUT2D eigenvalue weighted by molar-refractivity contribution is -0.0504. The topological polar surface area (TPSA) is 77.0 Å². The third-order valence-corrected chi connectivity index (χ3v) is 3.79. The van der Waals surface area contributed by atoms with E-state index in [0.717, 1.165) is 5.56 Å². The van der Waals surface area contributed by atoms with E-state index in [-0.39, 0.29) is 36.3 Å².